The lowest BCUT2D eigenvalue weighted by Crippen LogP contribution is -2.47. The average molecular weight is 435 g/mol. The number of rotatable bonds is 7. The highest BCUT2D eigenvalue weighted by Gasteiger charge is 2.21. The fourth-order valence-corrected chi connectivity index (χ4v) is 2.17. The Balaban J connectivity index is 0.00000484. The molecule has 0 saturated heterocycles. The van der Waals surface area contributed by atoms with Crippen LogP contribution in [0, 0.1) is 0 Å². The Morgan fingerprint density at radius 3 is 2.57 bits per heavy atom. The molecular formula is C17H30IN3O2. The maximum atomic E-state index is 5.31. The Morgan fingerprint density at radius 1 is 1.30 bits per heavy atom. The molecule has 0 aliphatic heterocycles. The summed E-state index contributed by atoms with van der Waals surface area (Å²) in [6, 6.07) is 8.37. The number of halogens is 1. The monoisotopic (exact) mass is 435 g/mol. The lowest BCUT2D eigenvalue weighted by Gasteiger charge is -2.28. The summed E-state index contributed by atoms with van der Waals surface area (Å²) < 4.78 is 10.4. The maximum absolute atomic E-state index is 5.31. The molecule has 0 aromatic heterocycles. The van der Waals surface area contributed by atoms with Crippen LogP contribution in [0.3, 0.4) is 0 Å². The van der Waals surface area contributed by atoms with E-state index in [1.807, 2.05) is 12.1 Å². The van der Waals surface area contributed by atoms with Gasteiger partial charge < -0.3 is 20.1 Å². The molecule has 1 unspecified atom stereocenters. The number of nitrogens with zero attached hydrogens (tertiary/aromatic N) is 1. The molecule has 0 bridgehead atoms. The van der Waals surface area contributed by atoms with Gasteiger partial charge in [0, 0.05) is 32.2 Å². The number of aliphatic imine (C=N–C) groups is 1. The van der Waals surface area contributed by atoms with Crippen LogP contribution in [-0.4, -0.2) is 46.4 Å². The van der Waals surface area contributed by atoms with E-state index in [9.17, 15) is 0 Å². The summed E-state index contributed by atoms with van der Waals surface area (Å²) in [7, 11) is 5.15. The first-order valence-corrected chi connectivity index (χ1v) is 7.53. The summed E-state index contributed by atoms with van der Waals surface area (Å²) in [5, 5.41) is 6.68. The Kier molecular flexibility index (Phi) is 10.2. The van der Waals surface area contributed by atoms with Gasteiger partial charge in [0.2, 0.25) is 0 Å². The summed E-state index contributed by atoms with van der Waals surface area (Å²) in [6.45, 7) is 7.85. The Morgan fingerprint density at radius 2 is 2.00 bits per heavy atom. The predicted molar refractivity (Wildman–Crippen MR) is 107 cm³/mol. The molecule has 23 heavy (non-hydrogen) atoms. The van der Waals surface area contributed by atoms with Gasteiger partial charge in [-0.25, -0.2) is 0 Å². The Labute approximate surface area is 157 Å². The van der Waals surface area contributed by atoms with Crippen molar-refractivity contribution in [3.63, 3.8) is 0 Å². The van der Waals surface area contributed by atoms with Crippen LogP contribution in [0.15, 0.2) is 29.3 Å². The van der Waals surface area contributed by atoms with Gasteiger partial charge in [0.1, 0.15) is 5.75 Å². The van der Waals surface area contributed by atoms with Gasteiger partial charge in [-0.3, -0.25) is 4.99 Å². The van der Waals surface area contributed by atoms with Crippen LogP contribution in [-0.2, 0) is 10.2 Å². The number of guanidine groups is 1. The van der Waals surface area contributed by atoms with Crippen LogP contribution in [0.5, 0.6) is 5.75 Å². The summed E-state index contributed by atoms with van der Waals surface area (Å²) in [4.78, 5) is 4.25. The van der Waals surface area contributed by atoms with Gasteiger partial charge in [-0.15, -0.1) is 24.0 Å². The molecule has 5 nitrogen and oxygen atoms in total. The normalized spacial score (nSPS) is 13.0. The maximum Gasteiger partial charge on any atom is 0.191 e. The van der Waals surface area contributed by atoms with Gasteiger partial charge in [0.25, 0.3) is 0 Å². The van der Waals surface area contributed by atoms with E-state index in [1.165, 1.54) is 5.56 Å². The van der Waals surface area contributed by atoms with Gasteiger partial charge in [-0.2, -0.15) is 0 Å². The molecule has 1 atom stereocenters. The SMILES string of the molecule is CN=C(NCC(C)(C)c1cccc(OC)c1)NC(C)COC.I. The van der Waals surface area contributed by atoms with Crippen LogP contribution >= 0.6 is 24.0 Å². The summed E-state index contributed by atoms with van der Waals surface area (Å²) in [5.74, 6) is 1.65. The van der Waals surface area contributed by atoms with Crippen molar-refractivity contribution in [2.24, 2.45) is 4.99 Å². The van der Waals surface area contributed by atoms with E-state index in [2.05, 4.69) is 48.5 Å². The van der Waals surface area contributed by atoms with Crippen LogP contribution in [0.4, 0.5) is 0 Å². The highest BCUT2D eigenvalue weighted by Crippen LogP contribution is 2.25. The van der Waals surface area contributed by atoms with Gasteiger partial charge in [-0.05, 0) is 24.6 Å². The first kappa shape index (κ1) is 22.0. The lowest BCUT2D eigenvalue weighted by atomic mass is 9.84. The minimum absolute atomic E-state index is 0. The Bertz CT molecular complexity index is 492. The minimum atomic E-state index is -0.0450. The van der Waals surface area contributed by atoms with Crippen molar-refractivity contribution in [2.75, 3.05) is 34.4 Å². The summed E-state index contributed by atoms with van der Waals surface area (Å²) in [6.07, 6.45) is 0. The highest BCUT2D eigenvalue weighted by atomic mass is 127. The molecule has 2 N–H and O–H groups in total. The van der Waals surface area contributed by atoms with Crippen molar-refractivity contribution in [2.45, 2.75) is 32.2 Å². The quantitative estimate of drug-likeness (QED) is 0.393. The van der Waals surface area contributed by atoms with E-state index in [-0.39, 0.29) is 35.4 Å². The van der Waals surface area contributed by atoms with Crippen LogP contribution in [0.2, 0.25) is 0 Å². The summed E-state index contributed by atoms with van der Waals surface area (Å²) >= 11 is 0. The standard InChI is InChI=1S/C17H29N3O2.HI/c1-13(11-21-5)20-16(18-4)19-12-17(2,3)14-8-7-9-15(10-14)22-6;/h7-10,13H,11-12H2,1-6H3,(H2,18,19,20);1H. The molecule has 1 aromatic rings. The molecule has 0 fully saturated rings. The third kappa shape index (κ3) is 7.39. The van der Waals surface area contributed by atoms with E-state index >= 15 is 0 Å². The zero-order valence-corrected chi connectivity index (χ0v) is 17.3. The minimum Gasteiger partial charge on any atom is -0.497 e. The molecule has 0 radical (unpaired) electrons. The van der Waals surface area contributed by atoms with Crippen molar-refractivity contribution < 1.29 is 9.47 Å². The van der Waals surface area contributed by atoms with E-state index in [4.69, 9.17) is 9.47 Å². The van der Waals surface area contributed by atoms with Crippen molar-refractivity contribution in [3.05, 3.63) is 29.8 Å². The second-order valence-corrected chi connectivity index (χ2v) is 6.04. The molecule has 0 saturated carbocycles. The van der Waals surface area contributed by atoms with Crippen molar-refractivity contribution in [3.8, 4) is 5.75 Å². The molecule has 0 aliphatic carbocycles. The predicted octanol–water partition coefficient (Wildman–Crippen LogP) is 2.79. The number of benzene rings is 1. The number of hydrogen-bond acceptors (Lipinski definition) is 3. The third-order valence-electron chi connectivity index (χ3n) is 3.57. The van der Waals surface area contributed by atoms with Gasteiger partial charge in [0.05, 0.1) is 13.7 Å². The van der Waals surface area contributed by atoms with Crippen molar-refractivity contribution in [1.29, 1.82) is 0 Å². The molecule has 1 rings (SSSR count). The lowest BCUT2D eigenvalue weighted by molar-refractivity contribution is 0.179. The van der Waals surface area contributed by atoms with E-state index < -0.39 is 0 Å². The van der Waals surface area contributed by atoms with Crippen LogP contribution in [0.25, 0.3) is 0 Å². The zero-order valence-electron chi connectivity index (χ0n) is 15.0. The molecule has 1 aromatic carbocycles. The smallest absolute Gasteiger partial charge is 0.191 e. The fourth-order valence-electron chi connectivity index (χ4n) is 2.17. The highest BCUT2D eigenvalue weighted by molar-refractivity contribution is 14.0. The van der Waals surface area contributed by atoms with E-state index in [0.29, 0.717) is 6.61 Å². The number of methoxy groups -OCH3 is 2. The molecular weight excluding hydrogens is 405 g/mol. The molecule has 6 heteroatoms. The second-order valence-electron chi connectivity index (χ2n) is 6.04. The van der Waals surface area contributed by atoms with E-state index in [1.54, 1.807) is 21.3 Å². The summed E-state index contributed by atoms with van der Waals surface area (Å²) in [5.41, 5.74) is 1.18. The van der Waals surface area contributed by atoms with Crippen LogP contribution < -0.4 is 15.4 Å². The zero-order chi connectivity index (χ0) is 16.6. The average Bonchev–Trinajstić information content (AvgIpc) is 2.51. The first-order chi connectivity index (χ1) is 10.4. The number of ether oxygens (including phenoxy) is 2. The largest absolute Gasteiger partial charge is 0.497 e. The number of nitrogens with one attached hydrogen (secondary N) is 2. The molecule has 132 valence electrons. The van der Waals surface area contributed by atoms with Gasteiger partial charge >= 0.3 is 0 Å². The molecule has 0 amide bonds. The molecule has 0 spiro atoms. The molecule has 0 heterocycles. The van der Waals surface area contributed by atoms with E-state index in [0.717, 1.165) is 18.3 Å². The fraction of sp³-hybridized carbons (Fsp3) is 0.588. The third-order valence-corrected chi connectivity index (χ3v) is 3.57. The Hall–Kier alpha value is -1.02. The van der Waals surface area contributed by atoms with Gasteiger partial charge in [-0.1, -0.05) is 26.0 Å². The van der Waals surface area contributed by atoms with Gasteiger partial charge in [0.15, 0.2) is 5.96 Å². The van der Waals surface area contributed by atoms with Crippen molar-refractivity contribution in [1.82, 2.24) is 10.6 Å². The first-order valence-electron chi connectivity index (χ1n) is 7.53. The number of hydrogen-bond donors (Lipinski definition) is 2. The second kappa shape index (κ2) is 10.7. The topological polar surface area (TPSA) is 54.9 Å². The molecule has 0 aliphatic rings. The van der Waals surface area contributed by atoms with Crippen molar-refractivity contribution >= 4 is 29.9 Å². The van der Waals surface area contributed by atoms with Crippen LogP contribution in [0.1, 0.15) is 26.3 Å².